The molecule has 1 aliphatic carbocycles. The summed E-state index contributed by atoms with van der Waals surface area (Å²) in [5.74, 6) is -0.512. The van der Waals surface area contributed by atoms with Crippen molar-refractivity contribution in [1.82, 2.24) is 9.80 Å². The Morgan fingerprint density at radius 1 is 1.39 bits per heavy atom. The largest absolute Gasteiger partial charge is 0.480 e. The zero-order valence-corrected chi connectivity index (χ0v) is 10.7. The molecule has 1 saturated carbocycles. The van der Waals surface area contributed by atoms with Crippen molar-refractivity contribution in [3.05, 3.63) is 0 Å². The summed E-state index contributed by atoms with van der Waals surface area (Å²) < 4.78 is 0. The van der Waals surface area contributed by atoms with E-state index in [1.54, 1.807) is 11.9 Å². The number of aliphatic hydroxyl groups is 1. The number of carboxylic acids is 1. The smallest absolute Gasteiger partial charge is 0.326 e. The maximum Gasteiger partial charge on any atom is 0.326 e. The van der Waals surface area contributed by atoms with Crippen LogP contribution in [0.3, 0.4) is 0 Å². The second-order valence-electron chi connectivity index (χ2n) is 5.37. The van der Waals surface area contributed by atoms with E-state index < -0.39 is 18.1 Å². The Morgan fingerprint density at radius 3 is 2.50 bits per heavy atom. The second kappa shape index (κ2) is 4.76. The normalized spacial score (nSPS) is 29.2. The molecule has 0 spiro atoms. The van der Waals surface area contributed by atoms with Crippen LogP contribution in [-0.2, 0) is 4.79 Å². The fourth-order valence-electron chi connectivity index (χ4n) is 2.53. The van der Waals surface area contributed by atoms with Crippen LogP contribution < -0.4 is 0 Å². The molecule has 0 aromatic carbocycles. The first-order chi connectivity index (χ1) is 8.41. The Bertz CT molecular complexity index is 356. The highest BCUT2D eigenvalue weighted by atomic mass is 16.4. The number of amides is 2. The molecule has 3 atom stereocenters. The van der Waals surface area contributed by atoms with Gasteiger partial charge in [0, 0.05) is 26.1 Å². The second-order valence-corrected chi connectivity index (χ2v) is 5.37. The van der Waals surface area contributed by atoms with Crippen molar-refractivity contribution in [2.24, 2.45) is 5.92 Å². The van der Waals surface area contributed by atoms with E-state index in [4.69, 9.17) is 5.11 Å². The number of likely N-dealkylation sites (tertiary alicyclic amines) is 1. The molecule has 2 N–H and O–H groups in total. The van der Waals surface area contributed by atoms with Crippen LogP contribution in [0.5, 0.6) is 0 Å². The molecule has 1 heterocycles. The average Bonchev–Trinajstić information content (AvgIpc) is 3.09. The number of hydrogen-bond donors (Lipinski definition) is 2. The van der Waals surface area contributed by atoms with Crippen molar-refractivity contribution in [2.75, 3.05) is 13.6 Å². The number of carbonyl (C=O) groups excluding carboxylic acids is 1. The summed E-state index contributed by atoms with van der Waals surface area (Å²) in [5.41, 5.74) is 0. The van der Waals surface area contributed by atoms with Crippen LogP contribution in [0.4, 0.5) is 4.79 Å². The topological polar surface area (TPSA) is 81.1 Å². The Balaban J connectivity index is 2.04. The first kappa shape index (κ1) is 13.1. The van der Waals surface area contributed by atoms with Crippen LogP contribution in [0.15, 0.2) is 0 Å². The number of aliphatic carboxylic acids is 1. The first-order valence-corrected chi connectivity index (χ1v) is 6.36. The highest BCUT2D eigenvalue weighted by Gasteiger charge is 2.42. The number of carboxylic acid groups (broad SMARTS) is 1. The highest BCUT2D eigenvalue weighted by Crippen LogP contribution is 2.35. The van der Waals surface area contributed by atoms with E-state index >= 15 is 0 Å². The van der Waals surface area contributed by atoms with E-state index in [1.807, 2.05) is 6.92 Å². The molecule has 1 aliphatic heterocycles. The predicted octanol–water partition coefficient (Wildman–Crippen LogP) is 0.357. The van der Waals surface area contributed by atoms with Crippen molar-refractivity contribution < 1.29 is 19.8 Å². The van der Waals surface area contributed by atoms with Crippen molar-refractivity contribution in [3.63, 3.8) is 0 Å². The van der Waals surface area contributed by atoms with Gasteiger partial charge >= 0.3 is 12.0 Å². The van der Waals surface area contributed by atoms with Gasteiger partial charge in [-0.2, -0.15) is 0 Å². The third kappa shape index (κ3) is 2.43. The molecule has 1 unspecified atom stereocenters. The molecule has 0 radical (unpaired) electrons. The summed E-state index contributed by atoms with van der Waals surface area (Å²) in [6.07, 6.45) is 1.64. The fourth-order valence-corrected chi connectivity index (χ4v) is 2.53. The molecule has 2 amide bonds. The Kier molecular flexibility index (Phi) is 3.47. The van der Waals surface area contributed by atoms with E-state index in [0.717, 1.165) is 12.8 Å². The molecule has 2 fully saturated rings. The first-order valence-electron chi connectivity index (χ1n) is 6.36. The summed E-state index contributed by atoms with van der Waals surface area (Å²) in [5, 5.41) is 18.6. The lowest BCUT2D eigenvalue weighted by Crippen LogP contribution is -2.49. The van der Waals surface area contributed by atoms with Crippen LogP contribution in [0.1, 0.15) is 26.2 Å². The molecule has 1 saturated heterocycles. The average molecular weight is 256 g/mol. The quantitative estimate of drug-likeness (QED) is 0.763. The SMILES string of the molecule is CC(C1CC1)N(C)C(=O)N1C[C@H](O)C[C@H]1C(=O)O. The maximum absolute atomic E-state index is 12.3. The van der Waals surface area contributed by atoms with Gasteiger partial charge in [-0.05, 0) is 25.7 Å². The van der Waals surface area contributed by atoms with Crippen molar-refractivity contribution >= 4 is 12.0 Å². The van der Waals surface area contributed by atoms with Crippen LogP contribution in [0, 0.1) is 5.92 Å². The summed E-state index contributed by atoms with van der Waals surface area (Å²) in [4.78, 5) is 26.2. The van der Waals surface area contributed by atoms with Crippen molar-refractivity contribution in [1.29, 1.82) is 0 Å². The molecule has 18 heavy (non-hydrogen) atoms. The maximum atomic E-state index is 12.3. The fraction of sp³-hybridized carbons (Fsp3) is 0.833. The number of nitrogens with zero attached hydrogens (tertiary/aromatic N) is 2. The number of rotatable bonds is 3. The Hall–Kier alpha value is -1.30. The minimum absolute atomic E-state index is 0.109. The zero-order valence-electron chi connectivity index (χ0n) is 10.7. The molecular weight excluding hydrogens is 236 g/mol. The van der Waals surface area contributed by atoms with Crippen molar-refractivity contribution in [3.8, 4) is 0 Å². The van der Waals surface area contributed by atoms with Crippen molar-refractivity contribution in [2.45, 2.75) is 44.4 Å². The molecule has 2 rings (SSSR count). The van der Waals surface area contributed by atoms with Gasteiger partial charge in [-0.3, -0.25) is 0 Å². The van der Waals surface area contributed by atoms with Crippen LogP contribution >= 0.6 is 0 Å². The van der Waals surface area contributed by atoms with Crippen LogP contribution in [-0.4, -0.2) is 63.8 Å². The van der Waals surface area contributed by atoms with Gasteiger partial charge in [-0.25, -0.2) is 9.59 Å². The minimum Gasteiger partial charge on any atom is -0.480 e. The van der Waals surface area contributed by atoms with Crippen LogP contribution in [0.25, 0.3) is 0 Å². The van der Waals surface area contributed by atoms with Gasteiger partial charge in [0.15, 0.2) is 0 Å². The summed E-state index contributed by atoms with van der Waals surface area (Å²) >= 11 is 0. The Labute approximate surface area is 106 Å². The van der Waals surface area contributed by atoms with Gasteiger partial charge in [-0.15, -0.1) is 0 Å². The lowest BCUT2D eigenvalue weighted by atomic mass is 10.2. The monoisotopic (exact) mass is 256 g/mol. The number of urea groups is 1. The standard InChI is InChI=1S/C12H20N2O4/c1-7(8-3-4-8)13(2)12(18)14-6-9(15)5-10(14)11(16)17/h7-10,15H,3-6H2,1-2H3,(H,16,17)/t7?,9-,10+/m1/s1. The third-order valence-corrected chi connectivity index (χ3v) is 4.03. The summed E-state index contributed by atoms with van der Waals surface area (Å²) in [7, 11) is 1.70. The van der Waals surface area contributed by atoms with E-state index in [2.05, 4.69) is 0 Å². The van der Waals surface area contributed by atoms with Gasteiger partial charge < -0.3 is 20.0 Å². The number of aliphatic hydroxyl groups excluding tert-OH is 1. The van der Waals surface area contributed by atoms with Gasteiger partial charge in [0.05, 0.1) is 6.10 Å². The van der Waals surface area contributed by atoms with Gasteiger partial charge in [0.1, 0.15) is 6.04 Å². The summed E-state index contributed by atoms with van der Waals surface area (Å²) in [6, 6.07) is -1.07. The lowest BCUT2D eigenvalue weighted by molar-refractivity contribution is -0.141. The van der Waals surface area contributed by atoms with E-state index in [0.29, 0.717) is 5.92 Å². The summed E-state index contributed by atoms with van der Waals surface area (Å²) in [6.45, 7) is 2.09. The van der Waals surface area contributed by atoms with Gasteiger partial charge in [-0.1, -0.05) is 0 Å². The molecule has 6 heteroatoms. The highest BCUT2D eigenvalue weighted by molar-refractivity contribution is 5.83. The number of hydrogen-bond acceptors (Lipinski definition) is 3. The lowest BCUT2D eigenvalue weighted by Gasteiger charge is -2.31. The van der Waals surface area contributed by atoms with E-state index in [-0.39, 0.29) is 25.0 Å². The molecule has 0 aromatic rings. The predicted molar refractivity (Wildman–Crippen MR) is 64.1 cm³/mol. The molecule has 0 bridgehead atoms. The number of β-amino-alcohol motifs (C(OH)–C–C–N with tert-alkyl or cyclic N) is 1. The molecule has 6 nitrogen and oxygen atoms in total. The molecule has 102 valence electrons. The number of carbonyl (C=O) groups is 2. The van der Waals surface area contributed by atoms with Gasteiger partial charge in [0.2, 0.25) is 0 Å². The third-order valence-electron chi connectivity index (χ3n) is 4.03. The van der Waals surface area contributed by atoms with Crippen LogP contribution in [0.2, 0.25) is 0 Å². The molecular formula is C12H20N2O4. The van der Waals surface area contributed by atoms with Gasteiger partial charge in [0.25, 0.3) is 0 Å². The molecule has 2 aliphatic rings. The minimum atomic E-state index is -1.05. The zero-order chi connectivity index (χ0) is 13.4. The van der Waals surface area contributed by atoms with E-state index in [9.17, 15) is 14.7 Å². The molecule has 0 aromatic heterocycles. The van der Waals surface area contributed by atoms with E-state index in [1.165, 1.54) is 4.90 Å². The Morgan fingerprint density at radius 2 is 2.00 bits per heavy atom.